The van der Waals surface area contributed by atoms with E-state index >= 15 is 0 Å². The average Bonchev–Trinajstić information content (AvgIpc) is 2.14. The van der Waals surface area contributed by atoms with Crippen LogP contribution in [0.2, 0.25) is 0 Å². The van der Waals surface area contributed by atoms with E-state index < -0.39 is 11.6 Å². The average molecular weight is 223 g/mol. The molecule has 1 rings (SSSR count). The summed E-state index contributed by atoms with van der Waals surface area (Å²) >= 11 is 0. The highest BCUT2D eigenvalue weighted by atomic mass is 16.6. The van der Waals surface area contributed by atoms with Gasteiger partial charge in [0.1, 0.15) is 5.60 Å². The molecule has 0 spiro atoms. The number of carbonyl (C=O) groups excluding carboxylic acids is 1. The number of ether oxygens (including phenoxy) is 1. The monoisotopic (exact) mass is 223 g/mol. The SMILES string of the molecule is CC1(C#CC(=O)OC(C)(C)C)CCNCC1. The molecule has 0 atom stereocenters. The molecule has 0 bridgehead atoms. The van der Waals surface area contributed by atoms with E-state index in [9.17, 15) is 4.79 Å². The fourth-order valence-corrected chi connectivity index (χ4v) is 1.61. The summed E-state index contributed by atoms with van der Waals surface area (Å²) in [6.07, 6.45) is 1.98. The van der Waals surface area contributed by atoms with Crippen molar-refractivity contribution in [1.82, 2.24) is 5.32 Å². The van der Waals surface area contributed by atoms with E-state index in [1.807, 2.05) is 20.8 Å². The standard InChI is InChI=1S/C13H21NO2/c1-12(2,3)16-11(15)5-6-13(4)7-9-14-10-8-13/h14H,7-10H2,1-4H3. The zero-order chi connectivity index (χ0) is 12.2. The predicted molar refractivity (Wildman–Crippen MR) is 63.8 cm³/mol. The van der Waals surface area contributed by atoms with Gasteiger partial charge in [0.15, 0.2) is 0 Å². The minimum Gasteiger partial charge on any atom is -0.450 e. The van der Waals surface area contributed by atoms with Gasteiger partial charge in [-0.3, -0.25) is 0 Å². The maximum atomic E-state index is 11.4. The Morgan fingerprint density at radius 2 is 1.88 bits per heavy atom. The largest absolute Gasteiger partial charge is 0.450 e. The molecule has 0 unspecified atom stereocenters. The molecule has 0 radical (unpaired) electrons. The minimum absolute atomic E-state index is 0.0395. The topological polar surface area (TPSA) is 38.3 Å². The lowest BCUT2D eigenvalue weighted by molar-refractivity contribution is -0.147. The molecule has 1 aliphatic rings. The van der Waals surface area contributed by atoms with Gasteiger partial charge < -0.3 is 10.1 Å². The summed E-state index contributed by atoms with van der Waals surface area (Å²) in [5, 5.41) is 3.28. The Kier molecular flexibility index (Phi) is 3.98. The minimum atomic E-state index is -0.458. The fraction of sp³-hybridized carbons (Fsp3) is 0.769. The molecule has 1 fully saturated rings. The molecular formula is C13H21NO2. The molecule has 16 heavy (non-hydrogen) atoms. The summed E-state index contributed by atoms with van der Waals surface area (Å²) < 4.78 is 5.15. The summed E-state index contributed by atoms with van der Waals surface area (Å²) in [6, 6.07) is 0. The second-order valence-electron chi connectivity index (χ2n) is 5.56. The Labute approximate surface area is 97.9 Å². The molecule has 0 aromatic carbocycles. The predicted octanol–water partition coefficient (Wildman–Crippen LogP) is 1.72. The Hall–Kier alpha value is -1.01. The van der Waals surface area contributed by atoms with Crippen LogP contribution in [0, 0.1) is 17.3 Å². The second-order valence-corrected chi connectivity index (χ2v) is 5.56. The van der Waals surface area contributed by atoms with Crippen LogP contribution in [0.15, 0.2) is 0 Å². The number of hydrogen-bond acceptors (Lipinski definition) is 3. The number of esters is 1. The molecule has 0 aliphatic carbocycles. The number of rotatable bonds is 0. The maximum absolute atomic E-state index is 11.4. The molecule has 0 aromatic rings. The molecule has 1 saturated heterocycles. The third kappa shape index (κ3) is 4.67. The van der Waals surface area contributed by atoms with Gasteiger partial charge in [0.2, 0.25) is 0 Å². The van der Waals surface area contributed by atoms with Crippen LogP contribution in [-0.4, -0.2) is 24.7 Å². The van der Waals surface area contributed by atoms with Crippen molar-refractivity contribution in [3.05, 3.63) is 0 Å². The first kappa shape index (κ1) is 13.1. The Morgan fingerprint density at radius 1 is 1.31 bits per heavy atom. The number of nitrogens with one attached hydrogen (secondary N) is 1. The van der Waals surface area contributed by atoms with Gasteiger partial charge in [-0.15, -0.1) is 0 Å². The van der Waals surface area contributed by atoms with Crippen molar-refractivity contribution in [3.63, 3.8) is 0 Å². The highest BCUT2D eigenvalue weighted by Crippen LogP contribution is 2.26. The van der Waals surface area contributed by atoms with E-state index in [0.29, 0.717) is 0 Å². The van der Waals surface area contributed by atoms with Crippen LogP contribution in [0.5, 0.6) is 0 Å². The van der Waals surface area contributed by atoms with Crippen molar-refractivity contribution in [2.24, 2.45) is 5.41 Å². The van der Waals surface area contributed by atoms with Crippen molar-refractivity contribution in [2.45, 2.75) is 46.1 Å². The summed E-state index contributed by atoms with van der Waals surface area (Å²) in [6.45, 7) is 9.58. The quantitative estimate of drug-likeness (QED) is 0.386. The molecular weight excluding hydrogens is 202 g/mol. The number of hydrogen-bond donors (Lipinski definition) is 1. The van der Waals surface area contributed by atoms with Crippen molar-refractivity contribution in [3.8, 4) is 11.8 Å². The smallest absolute Gasteiger partial charge is 0.384 e. The Balaban J connectivity index is 2.55. The molecule has 0 amide bonds. The molecule has 1 heterocycles. The van der Waals surface area contributed by atoms with Crippen LogP contribution in [0.1, 0.15) is 40.5 Å². The van der Waals surface area contributed by atoms with Gasteiger partial charge in [-0.1, -0.05) is 5.92 Å². The molecule has 1 aliphatic heterocycles. The molecule has 3 heteroatoms. The summed E-state index contributed by atoms with van der Waals surface area (Å²) in [4.78, 5) is 11.4. The van der Waals surface area contributed by atoms with Gasteiger partial charge in [-0.05, 0) is 53.6 Å². The van der Waals surface area contributed by atoms with Crippen LogP contribution < -0.4 is 5.32 Å². The highest BCUT2D eigenvalue weighted by Gasteiger charge is 2.24. The van der Waals surface area contributed by atoms with E-state index in [-0.39, 0.29) is 5.41 Å². The second kappa shape index (κ2) is 4.88. The Morgan fingerprint density at radius 3 is 2.38 bits per heavy atom. The van der Waals surface area contributed by atoms with Gasteiger partial charge in [-0.25, -0.2) is 4.79 Å². The summed E-state index contributed by atoms with van der Waals surface area (Å²) in [7, 11) is 0. The summed E-state index contributed by atoms with van der Waals surface area (Å²) in [5.41, 5.74) is -0.497. The third-order valence-corrected chi connectivity index (χ3v) is 2.57. The first-order valence-electron chi connectivity index (χ1n) is 5.78. The normalized spacial score (nSPS) is 19.5. The maximum Gasteiger partial charge on any atom is 0.384 e. The van der Waals surface area contributed by atoms with Crippen LogP contribution >= 0.6 is 0 Å². The number of carbonyl (C=O) groups is 1. The first-order valence-corrected chi connectivity index (χ1v) is 5.78. The van der Waals surface area contributed by atoms with Gasteiger partial charge in [0.25, 0.3) is 0 Å². The van der Waals surface area contributed by atoms with Crippen molar-refractivity contribution >= 4 is 5.97 Å². The number of piperidine rings is 1. The molecule has 3 nitrogen and oxygen atoms in total. The lowest BCUT2D eigenvalue weighted by atomic mass is 9.82. The molecule has 1 N–H and O–H groups in total. The van der Waals surface area contributed by atoms with E-state index in [1.165, 1.54) is 0 Å². The Bertz CT molecular complexity index is 311. The zero-order valence-corrected chi connectivity index (χ0v) is 10.6. The van der Waals surface area contributed by atoms with E-state index in [1.54, 1.807) is 0 Å². The fourth-order valence-electron chi connectivity index (χ4n) is 1.61. The van der Waals surface area contributed by atoms with Gasteiger partial charge >= 0.3 is 5.97 Å². The van der Waals surface area contributed by atoms with E-state index in [2.05, 4.69) is 24.1 Å². The van der Waals surface area contributed by atoms with Gasteiger partial charge in [-0.2, -0.15) is 0 Å². The lowest BCUT2D eigenvalue weighted by Crippen LogP contribution is -2.34. The van der Waals surface area contributed by atoms with Crippen molar-refractivity contribution in [1.29, 1.82) is 0 Å². The van der Waals surface area contributed by atoms with Crippen molar-refractivity contribution < 1.29 is 9.53 Å². The van der Waals surface area contributed by atoms with Crippen molar-refractivity contribution in [2.75, 3.05) is 13.1 Å². The van der Waals surface area contributed by atoms with Crippen LogP contribution in [-0.2, 0) is 9.53 Å². The van der Waals surface area contributed by atoms with Gasteiger partial charge in [0.05, 0.1) is 0 Å². The lowest BCUT2D eigenvalue weighted by Gasteiger charge is -2.28. The first-order chi connectivity index (χ1) is 7.31. The molecule has 90 valence electrons. The van der Waals surface area contributed by atoms with E-state index in [0.717, 1.165) is 25.9 Å². The van der Waals surface area contributed by atoms with E-state index in [4.69, 9.17) is 4.74 Å². The third-order valence-electron chi connectivity index (χ3n) is 2.57. The molecule has 0 aromatic heterocycles. The van der Waals surface area contributed by atoms with Crippen LogP contribution in [0.3, 0.4) is 0 Å². The van der Waals surface area contributed by atoms with Crippen LogP contribution in [0.4, 0.5) is 0 Å². The van der Waals surface area contributed by atoms with Gasteiger partial charge in [0, 0.05) is 11.3 Å². The zero-order valence-electron chi connectivity index (χ0n) is 10.6. The van der Waals surface area contributed by atoms with Crippen LogP contribution in [0.25, 0.3) is 0 Å². The molecule has 0 saturated carbocycles. The summed E-state index contributed by atoms with van der Waals surface area (Å²) in [5.74, 6) is 5.24. The highest BCUT2D eigenvalue weighted by molar-refractivity contribution is 5.88.